The molecule has 1 unspecified atom stereocenters. The molecule has 5 rings (SSSR count). The third kappa shape index (κ3) is 9.03. The number of anilines is 2. The van der Waals surface area contributed by atoms with Gasteiger partial charge in [-0.15, -0.1) is 11.8 Å². The number of nitro benzene ring substituents is 1. The minimum atomic E-state index is -0.605. The van der Waals surface area contributed by atoms with Crippen molar-refractivity contribution in [3.63, 3.8) is 0 Å². The van der Waals surface area contributed by atoms with Gasteiger partial charge in [0.2, 0.25) is 5.91 Å². The summed E-state index contributed by atoms with van der Waals surface area (Å²) < 4.78 is 0. The van der Waals surface area contributed by atoms with Crippen LogP contribution in [0.2, 0.25) is 0 Å². The molecule has 3 amide bonds. The van der Waals surface area contributed by atoms with Crippen molar-refractivity contribution in [2.75, 3.05) is 10.6 Å². The van der Waals surface area contributed by atoms with Crippen molar-refractivity contribution < 1.29 is 19.3 Å². The van der Waals surface area contributed by atoms with Crippen LogP contribution in [0.4, 0.5) is 17.1 Å². The molecule has 1 atom stereocenters. The molecule has 5 aromatic rings. The lowest BCUT2D eigenvalue weighted by molar-refractivity contribution is -0.384. The highest BCUT2D eigenvalue weighted by atomic mass is 32.2. The fourth-order valence-corrected chi connectivity index (χ4v) is 5.70. The van der Waals surface area contributed by atoms with E-state index in [1.807, 2.05) is 67.6 Å². The first-order chi connectivity index (χ1) is 22.7. The summed E-state index contributed by atoms with van der Waals surface area (Å²) in [5.74, 6) is -1.30. The van der Waals surface area contributed by atoms with Crippen molar-refractivity contribution in [2.24, 2.45) is 0 Å². The van der Waals surface area contributed by atoms with E-state index in [0.717, 1.165) is 16.0 Å². The Morgan fingerprint density at radius 1 is 0.745 bits per heavy atom. The zero-order chi connectivity index (χ0) is 33.2. The van der Waals surface area contributed by atoms with Crippen molar-refractivity contribution in [2.45, 2.75) is 17.1 Å². The van der Waals surface area contributed by atoms with E-state index in [2.05, 4.69) is 16.0 Å². The van der Waals surface area contributed by atoms with Gasteiger partial charge in [0.15, 0.2) is 0 Å². The minimum Gasteiger partial charge on any atom is -0.325 e. The number of aryl methyl sites for hydroxylation is 1. The predicted octanol–water partition coefficient (Wildman–Crippen LogP) is 7.78. The summed E-state index contributed by atoms with van der Waals surface area (Å²) in [6.45, 7) is 1.96. The van der Waals surface area contributed by atoms with Gasteiger partial charge < -0.3 is 16.0 Å². The lowest BCUT2D eigenvalue weighted by atomic mass is 10.1. The number of nitrogens with one attached hydrogen (secondary N) is 3. The van der Waals surface area contributed by atoms with Gasteiger partial charge in [-0.1, -0.05) is 66.7 Å². The first kappa shape index (κ1) is 32.4. The average molecular weight is 643 g/mol. The molecule has 5 aromatic carbocycles. The third-order valence-electron chi connectivity index (χ3n) is 6.92. The molecule has 0 fully saturated rings. The Labute approximate surface area is 275 Å². The second-order valence-electron chi connectivity index (χ2n) is 10.5. The zero-order valence-electron chi connectivity index (χ0n) is 25.3. The fourth-order valence-electron chi connectivity index (χ4n) is 4.61. The summed E-state index contributed by atoms with van der Waals surface area (Å²) in [6.07, 6.45) is 1.44. The SMILES string of the molecule is Cc1cccc(NC(=O)C(Sc2cccc(NC(=O)/C(=C\c3ccc([N+](=O)[O-])cc3)NC(=O)c3ccccc3)c2)c2ccccc2)c1. The maximum Gasteiger partial charge on any atom is 0.272 e. The summed E-state index contributed by atoms with van der Waals surface area (Å²) in [5, 5.41) is 19.0. The monoisotopic (exact) mass is 642 g/mol. The van der Waals surface area contributed by atoms with Gasteiger partial charge in [-0.2, -0.15) is 0 Å². The Hall–Kier alpha value is -6.00. The summed E-state index contributed by atoms with van der Waals surface area (Å²) in [6, 6.07) is 38.1. The average Bonchev–Trinajstić information content (AvgIpc) is 3.08. The van der Waals surface area contributed by atoms with Crippen molar-refractivity contribution in [1.82, 2.24) is 5.32 Å². The van der Waals surface area contributed by atoms with Gasteiger partial charge in [0, 0.05) is 34.0 Å². The molecule has 0 aliphatic heterocycles. The van der Waals surface area contributed by atoms with Crippen LogP contribution in [0.15, 0.2) is 144 Å². The van der Waals surface area contributed by atoms with Crippen LogP contribution >= 0.6 is 11.8 Å². The molecular weight excluding hydrogens is 612 g/mol. The number of hydrogen-bond donors (Lipinski definition) is 3. The van der Waals surface area contributed by atoms with Crippen LogP contribution in [0.25, 0.3) is 6.08 Å². The molecule has 0 heterocycles. The smallest absolute Gasteiger partial charge is 0.272 e. The largest absolute Gasteiger partial charge is 0.325 e. The van der Waals surface area contributed by atoms with Gasteiger partial charge in [-0.05, 0) is 84.3 Å². The summed E-state index contributed by atoms with van der Waals surface area (Å²) in [5.41, 5.74) is 3.64. The molecule has 0 aliphatic carbocycles. The number of thioether (sulfide) groups is 1. The van der Waals surface area contributed by atoms with Crippen LogP contribution in [0.1, 0.15) is 32.3 Å². The lowest BCUT2D eigenvalue weighted by Gasteiger charge is -2.18. The highest BCUT2D eigenvalue weighted by Gasteiger charge is 2.23. The van der Waals surface area contributed by atoms with Crippen LogP contribution in [0, 0.1) is 17.0 Å². The summed E-state index contributed by atoms with van der Waals surface area (Å²) in [7, 11) is 0. The first-order valence-corrected chi connectivity index (χ1v) is 15.5. The molecule has 0 aliphatic rings. The van der Waals surface area contributed by atoms with Crippen LogP contribution in [-0.4, -0.2) is 22.6 Å². The van der Waals surface area contributed by atoms with Crippen molar-refractivity contribution in [3.05, 3.63) is 172 Å². The second-order valence-corrected chi connectivity index (χ2v) is 11.7. The van der Waals surface area contributed by atoms with Gasteiger partial charge in [0.05, 0.1) is 4.92 Å². The topological polar surface area (TPSA) is 130 Å². The standard InChI is InChI=1S/C37H30N4O5S/c1-25-10-8-15-29(22-25)39-37(44)34(27-11-4-2-5-12-27)47-32-17-9-16-30(24-32)38-36(43)33(40-35(42)28-13-6-3-7-14-28)23-26-18-20-31(21-19-26)41(45)46/h2-24,34H,1H3,(H,38,43)(H,39,44)(H,40,42)/b33-23+. The molecule has 10 heteroatoms. The van der Waals surface area contributed by atoms with E-state index in [1.165, 1.54) is 42.1 Å². The normalized spacial score (nSPS) is 11.6. The molecule has 0 bridgehead atoms. The molecule has 47 heavy (non-hydrogen) atoms. The maximum atomic E-state index is 13.6. The summed E-state index contributed by atoms with van der Waals surface area (Å²) in [4.78, 5) is 51.4. The zero-order valence-corrected chi connectivity index (χ0v) is 26.1. The number of nitrogens with zero attached hydrogens (tertiary/aromatic N) is 1. The Morgan fingerprint density at radius 2 is 1.38 bits per heavy atom. The van der Waals surface area contributed by atoms with Crippen molar-refractivity contribution in [1.29, 1.82) is 0 Å². The highest BCUT2D eigenvalue weighted by molar-refractivity contribution is 8.00. The molecule has 0 saturated carbocycles. The van der Waals surface area contributed by atoms with E-state index >= 15 is 0 Å². The van der Waals surface area contributed by atoms with Crippen molar-refractivity contribution in [3.8, 4) is 0 Å². The van der Waals surface area contributed by atoms with E-state index in [0.29, 0.717) is 22.5 Å². The number of rotatable bonds is 11. The van der Waals surface area contributed by atoms with E-state index in [1.54, 1.807) is 48.5 Å². The minimum absolute atomic E-state index is 0.0644. The molecule has 0 saturated heterocycles. The molecule has 0 aromatic heterocycles. The van der Waals surface area contributed by atoms with Gasteiger partial charge in [0.1, 0.15) is 10.9 Å². The van der Waals surface area contributed by atoms with Gasteiger partial charge in [-0.3, -0.25) is 24.5 Å². The highest BCUT2D eigenvalue weighted by Crippen LogP contribution is 2.37. The number of carbonyl (C=O) groups is 3. The Balaban J connectivity index is 1.38. The first-order valence-electron chi connectivity index (χ1n) is 14.6. The number of benzene rings is 5. The molecular formula is C37H30N4O5S. The maximum absolute atomic E-state index is 13.6. The van der Waals surface area contributed by atoms with Gasteiger partial charge in [0.25, 0.3) is 17.5 Å². The van der Waals surface area contributed by atoms with Crippen LogP contribution in [-0.2, 0) is 9.59 Å². The fraction of sp³-hybridized carbons (Fsp3) is 0.0541. The Kier molecular flexibility index (Phi) is 10.6. The number of carbonyl (C=O) groups excluding carboxylic acids is 3. The molecule has 9 nitrogen and oxygen atoms in total. The molecule has 0 spiro atoms. The molecule has 0 radical (unpaired) electrons. The number of amides is 3. The number of non-ortho nitro benzene ring substituents is 1. The number of nitro groups is 1. The van der Waals surface area contributed by atoms with Crippen molar-refractivity contribution >= 4 is 52.6 Å². The van der Waals surface area contributed by atoms with Gasteiger partial charge in [-0.25, -0.2) is 0 Å². The van der Waals surface area contributed by atoms with E-state index < -0.39 is 22.0 Å². The molecule has 3 N–H and O–H groups in total. The quantitative estimate of drug-likeness (QED) is 0.0584. The van der Waals surface area contributed by atoms with Crippen LogP contribution in [0.3, 0.4) is 0 Å². The van der Waals surface area contributed by atoms with E-state index in [-0.39, 0.29) is 17.3 Å². The lowest BCUT2D eigenvalue weighted by Crippen LogP contribution is -2.30. The Bertz CT molecular complexity index is 1930. The third-order valence-corrected chi connectivity index (χ3v) is 8.16. The molecule has 234 valence electrons. The van der Waals surface area contributed by atoms with Crippen LogP contribution < -0.4 is 16.0 Å². The van der Waals surface area contributed by atoms with E-state index in [4.69, 9.17) is 0 Å². The Morgan fingerprint density at radius 3 is 2.04 bits per heavy atom. The van der Waals surface area contributed by atoms with Crippen LogP contribution in [0.5, 0.6) is 0 Å². The van der Waals surface area contributed by atoms with E-state index in [9.17, 15) is 24.5 Å². The predicted molar refractivity (Wildman–Crippen MR) is 185 cm³/mol. The van der Waals surface area contributed by atoms with Gasteiger partial charge >= 0.3 is 0 Å². The second kappa shape index (κ2) is 15.3. The summed E-state index contributed by atoms with van der Waals surface area (Å²) >= 11 is 1.33. The number of hydrogen-bond acceptors (Lipinski definition) is 6.